The number of thiazole rings is 1. The number of halogens is 1. The van der Waals surface area contributed by atoms with E-state index in [0.29, 0.717) is 16.5 Å². The second kappa shape index (κ2) is 11.1. The highest BCUT2D eigenvalue weighted by atomic mass is 35.5. The lowest BCUT2D eigenvalue weighted by molar-refractivity contribution is 0.415. The minimum absolute atomic E-state index is 0.668. The molecule has 5 aromatic rings. The lowest BCUT2D eigenvalue weighted by Gasteiger charge is -2.07. The minimum Gasteiger partial charge on any atom is -0.497 e. The van der Waals surface area contributed by atoms with Crippen LogP contribution in [-0.2, 0) is 0 Å². The van der Waals surface area contributed by atoms with E-state index in [4.69, 9.17) is 31.2 Å². The van der Waals surface area contributed by atoms with Gasteiger partial charge in [0.2, 0.25) is 4.80 Å². The highest BCUT2D eigenvalue weighted by Gasteiger charge is 2.08. The van der Waals surface area contributed by atoms with Gasteiger partial charge in [-0.15, -0.1) is 11.3 Å². The molecule has 0 aliphatic rings. The molecule has 0 atom stereocenters. The Morgan fingerprint density at radius 2 is 1.56 bits per heavy atom. The predicted molar refractivity (Wildman–Crippen MR) is 147 cm³/mol. The minimum atomic E-state index is 0.668. The van der Waals surface area contributed by atoms with Crippen LogP contribution >= 0.6 is 22.9 Å². The summed E-state index contributed by atoms with van der Waals surface area (Å²) in [6, 6.07) is 32.8. The third-order valence-corrected chi connectivity index (χ3v) is 6.35. The zero-order chi connectivity index (χ0) is 24.7. The topological polar surface area (TPSA) is 48.1 Å². The number of aromatic nitrogens is 1. The number of hydrogen-bond acceptors (Lipinski definition) is 5. The van der Waals surface area contributed by atoms with Gasteiger partial charge in [0, 0.05) is 16.0 Å². The zero-order valence-corrected chi connectivity index (χ0v) is 21.0. The molecule has 0 saturated heterocycles. The zero-order valence-electron chi connectivity index (χ0n) is 19.4. The van der Waals surface area contributed by atoms with E-state index in [1.165, 1.54) is 11.3 Å². The van der Waals surface area contributed by atoms with Gasteiger partial charge in [0.25, 0.3) is 0 Å². The van der Waals surface area contributed by atoms with Gasteiger partial charge in [-0.3, -0.25) is 0 Å². The van der Waals surface area contributed by atoms with Crippen LogP contribution < -0.4 is 14.3 Å². The quantitative estimate of drug-likeness (QED) is 0.209. The Balaban J connectivity index is 1.49. The van der Waals surface area contributed by atoms with Crippen LogP contribution in [0.3, 0.4) is 0 Å². The van der Waals surface area contributed by atoms with Crippen molar-refractivity contribution < 1.29 is 9.47 Å². The lowest BCUT2D eigenvalue weighted by Crippen LogP contribution is -2.11. The summed E-state index contributed by atoms with van der Waals surface area (Å²) in [5.74, 6) is 2.22. The second-order valence-electron chi connectivity index (χ2n) is 7.76. The van der Waals surface area contributed by atoms with Crippen molar-refractivity contribution in [2.45, 2.75) is 0 Å². The Labute approximate surface area is 218 Å². The molecule has 1 aromatic heterocycles. The molecular formula is C29H22ClN3O2S. The van der Waals surface area contributed by atoms with E-state index in [0.717, 1.165) is 33.1 Å². The molecule has 4 aromatic carbocycles. The fourth-order valence-corrected chi connectivity index (χ4v) is 4.47. The van der Waals surface area contributed by atoms with Crippen LogP contribution in [0.15, 0.2) is 119 Å². The normalized spacial score (nSPS) is 11.7. The lowest BCUT2D eigenvalue weighted by atomic mass is 10.2. The van der Waals surface area contributed by atoms with Crippen LogP contribution in [-0.4, -0.2) is 18.0 Å². The molecule has 0 unspecified atom stereocenters. The molecular weight excluding hydrogens is 490 g/mol. The molecule has 36 heavy (non-hydrogen) atoms. The molecule has 0 spiro atoms. The average Bonchev–Trinajstić information content (AvgIpc) is 3.32. The number of methoxy groups -OCH3 is 1. The third kappa shape index (κ3) is 5.74. The summed E-state index contributed by atoms with van der Waals surface area (Å²) in [5.41, 5.74) is 3.73. The van der Waals surface area contributed by atoms with Gasteiger partial charge in [0.15, 0.2) is 0 Å². The van der Waals surface area contributed by atoms with Crippen molar-refractivity contribution >= 4 is 34.8 Å². The summed E-state index contributed by atoms with van der Waals surface area (Å²) < 4.78 is 13.1. The maximum Gasteiger partial charge on any atom is 0.211 e. The Morgan fingerprint density at radius 3 is 2.31 bits per heavy atom. The van der Waals surface area contributed by atoms with E-state index in [1.807, 2.05) is 83.5 Å². The van der Waals surface area contributed by atoms with Gasteiger partial charge in [-0.2, -0.15) is 5.10 Å². The Hall–Kier alpha value is -4.13. The van der Waals surface area contributed by atoms with Gasteiger partial charge in [0.1, 0.15) is 17.2 Å². The van der Waals surface area contributed by atoms with Gasteiger partial charge in [-0.1, -0.05) is 54.1 Å². The SMILES string of the molecule is COc1ccc(N=c2scc(-c3ccccc3)n2/N=C\c2cccc(Oc3ccc(Cl)cc3)c2)cc1. The first-order valence-corrected chi connectivity index (χ1v) is 12.5. The number of nitrogens with zero attached hydrogens (tertiary/aromatic N) is 3. The number of benzene rings is 4. The molecule has 178 valence electrons. The predicted octanol–water partition coefficient (Wildman–Crippen LogP) is 7.79. The molecule has 7 heteroatoms. The molecule has 0 amide bonds. The first-order valence-electron chi connectivity index (χ1n) is 11.2. The molecule has 0 radical (unpaired) electrons. The average molecular weight is 512 g/mol. The van der Waals surface area contributed by atoms with Crippen LogP contribution in [0.4, 0.5) is 5.69 Å². The van der Waals surface area contributed by atoms with Gasteiger partial charge in [-0.05, 0) is 66.2 Å². The van der Waals surface area contributed by atoms with Crippen molar-refractivity contribution in [2.24, 2.45) is 10.1 Å². The maximum absolute atomic E-state index is 5.98. The number of rotatable bonds is 7. The van der Waals surface area contributed by atoms with E-state index in [1.54, 1.807) is 25.5 Å². The highest BCUT2D eigenvalue weighted by Crippen LogP contribution is 2.24. The third-order valence-electron chi connectivity index (χ3n) is 5.28. The van der Waals surface area contributed by atoms with Crippen molar-refractivity contribution in [3.8, 4) is 28.5 Å². The molecule has 0 aliphatic heterocycles. The van der Waals surface area contributed by atoms with Crippen LogP contribution in [0.25, 0.3) is 11.3 Å². The van der Waals surface area contributed by atoms with E-state index in [2.05, 4.69) is 17.5 Å². The standard InChI is InChI=1S/C29H22ClN3O2S/c1-34-25-16-12-24(13-17-25)32-29-33(28(20-36-29)22-7-3-2-4-8-22)31-19-21-6-5-9-27(18-21)35-26-14-10-23(30)11-15-26/h2-20H,1H3/b31-19-,32-29?. The second-order valence-corrected chi connectivity index (χ2v) is 9.04. The van der Waals surface area contributed by atoms with E-state index < -0.39 is 0 Å². The summed E-state index contributed by atoms with van der Waals surface area (Å²) in [7, 11) is 1.65. The van der Waals surface area contributed by atoms with Gasteiger partial charge in [0.05, 0.1) is 24.7 Å². The summed E-state index contributed by atoms with van der Waals surface area (Å²) in [4.78, 5) is 5.59. The molecule has 5 nitrogen and oxygen atoms in total. The van der Waals surface area contributed by atoms with Gasteiger partial charge in [-0.25, -0.2) is 9.67 Å². The highest BCUT2D eigenvalue weighted by molar-refractivity contribution is 7.07. The molecule has 0 bridgehead atoms. The van der Waals surface area contributed by atoms with E-state index in [9.17, 15) is 0 Å². The maximum atomic E-state index is 5.98. The van der Waals surface area contributed by atoms with E-state index >= 15 is 0 Å². The van der Waals surface area contributed by atoms with Gasteiger partial charge >= 0.3 is 0 Å². The van der Waals surface area contributed by atoms with E-state index in [-0.39, 0.29) is 0 Å². The first kappa shape index (κ1) is 23.6. The summed E-state index contributed by atoms with van der Waals surface area (Å²) >= 11 is 7.51. The molecule has 0 N–H and O–H groups in total. The summed E-state index contributed by atoms with van der Waals surface area (Å²) in [6.07, 6.45) is 1.81. The largest absolute Gasteiger partial charge is 0.497 e. The van der Waals surface area contributed by atoms with Gasteiger partial charge < -0.3 is 9.47 Å². The fraction of sp³-hybridized carbons (Fsp3) is 0.0345. The summed E-state index contributed by atoms with van der Waals surface area (Å²) in [5, 5.41) is 7.55. The molecule has 0 saturated carbocycles. The fourth-order valence-electron chi connectivity index (χ4n) is 3.48. The van der Waals surface area contributed by atoms with Crippen LogP contribution in [0.5, 0.6) is 17.2 Å². The van der Waals surface area contributed by atoms with Crippen LogP contribution in [0.2, 0.25) is 5.02 Å². The molecule has 1 heterocycles. The van der Waals surface area contributed by atoms with Crippen LogP contribution in [0, 0.1) is 0 Å². The monoisotopic (exact) mass is 511 g/mol. The number of hydrogen-bond donors (Lipinski definition) is 0. The molecule has 0 fully saturated rings. The molecule has 5 rings (SSSR count). The first-order chi connectivity index (χ1) is 17.7. The van der Waals surface area contributed by atoms with Crippen molar-refractivity contribution in [1.29, 1.82) is 0 Å². The van der Waals surface area contributed by atoms with Crippen molar-refractivity contribution in [1.82, 2.24) is 4.68 Å². The van der Waals surface area contributed by atoms with Crippen molar-refractivity contribution in [3.05, 3.63) is 124 Å². The Morgan fingerprint density at radius 1 is 0.806 bits per heavy atom. The summed E-state index contributed by atoms with van der Waals surface area (Å²) in [6.45, 7) is 0. The Kier molecular flexibility index (Phi) is 7.26. The van der Waals surface area contributed by atoms with Crippen LogP contribution in [0.1, 0.15) is 5.56 Å². The smallest absolute Gasteiger partial charge is 0.211 e. The molecule has 0 aliphatic carbocycles. The Bertz CT molecular complexity index is 1540. The number of ether oxygens (including phenoxy) is 2. The van der Waals surface area contributed by atoms with Crippen molar-refractivity contribution in [2.75, 3.05) is 7.11 Å². The van der Waals surface area contributed by atoms with Crippen molar-refractivity contribution in [3.63, 3.8) is 0 Å².